The van der Waals surface area contributed by atoms with Crippen LogP contribution in [0.5, 0.6) is 11.5 Å². The molecule has 1 amide bonds. The molecule has 4 nitrogen and oxygen atoms in total. The molecule has 4 heteroatoms. The van der Waals surface area contributed by atoms with Crippen molar-refractivity contribution in [3.05, 3.63) is 59.2 Å². The molecule has 1 saturated heterocycles. The van der Waals surface area contributed by atoms with Gasteiger partial charge in [-0.3, -0.25) is 4.79 Å². The predicted octanol–water partition coefficient (Wildman–Crippen LogP) is 3.90. The van der Waals surface area contributed by atoms with E-state index in [2.05, 4.69) is 13.8 Å². The third kappa shape index (κ3) is 3.63. The van der Waals surface area contributed by atoms with Crippen molar-refractivity contribution >= 4 is 5.91 Å². The summed E-state index contributed by atoms with van der Waals surface area (Å²) in [5.74, 6) is 0.227. The number of amides is 1. The Hall–Kier alpha value is -2.49. The topological polar surface area (TPSA) is 60.8 Å². The Morgan fingerprint density at radius 3 is 2.28 bits per heavy atom. The zero-order valence-electron chi connectivity index (χ0n) is 14.8. The van der Waals surface area contributed by atoms with Gasteiger partial charge in [0.2, 0.25) is 0 Å². The highest BCUT2D eigenvalue weighted by molar-refractivity contribution is 5.98. The summed E-state index contributed by atoms with van der Waals surface area (Å²) in [6.45, 7) is 4.13. The second-order valence-electron chi connectivity index (χ2n) is 6.97. The van der Waals surface area contributed by atoms with Crippen molar-refractivity contribution in [3.8, 4) is 11.5 Å². The number of rotatable bonds is 4. The summed E-state index contributed by atoms with van der Waals surface area (Å²) < 4.78 is 0. The van der Waals surface area contributed by atoms with Gasteiger partial charge in [0, 0.05) is 12.1 Å². The lowest BCUT2D eigenvalue weighted by Gasteiger charge is -2.27. The zero-order chi connectivity index (χ0) is 18.0. The molecule has 0 radical (unpaired) electrons. The number of hydrogen-bond donors (Lipinski definition) is 2. The standard InChI is InChI=1S/C21H25NO3/c1-14-6-7-15(2)22(14)21(25)20-17(4-3-5-19(20)24)11-8-16-9-12-18(23)13-10-16/h3-5,9-10,12-15,23-24H,6-8,11H2,1-2H3/t14-,15-/m0/s1. The highest BCUT2D eigenvalue weighted by Crippen LogP contribution is 2.30. The number of aryl methyl sites for hydroxylation is 2. The number of hydrogen-bond acceptors (Lipinski definition) is 3. The lowest BCUT2D eigenvalue weighted by molar-refractivity contribution is 0.0688. The van der Waals surface area contributed by atoms with E-state index in [1.165, 1.54) is 0 Å². The molecule has 0 bridgehead atoms. The van der Waals surface area contributed by atoms with Crippen molar-refractivity contribution in [2.24, 2.45) is 0 Å². The molecule has 1 fully saturated rings. The zero-order valence-corrected chi connectivity index (χ0v) is 14.8. The average Bonchev–Trinajstić information content (AvgIpc) is 2.92. The third-order valence-electron chi connectivity index (χ3n) is 5.15. The predicted molar refractivity (Wildman–Crippen MR) is 97.9 cm³/mol. The molecule has 132 valence electrons. The molecule has 25 heavy (non-hydrogen) atoms. The Morgan fingerprint density at radius 1 is 1.00 bits per heavy atom. The molecule has 0 aliphatic carbocycles. The lowest BCUT2D eigenvalue weighted by atomic mass is 9.97. The van der Waals surface area contributed by atoms with E-state index in [4.69, 9.17) is 0 Å². The SMILES string of the molecule is C[C@H]1CC[C@H](C)N1C(=O)c1c(O)cccc1CCc1ccc(O)cc1. The van der Waals surface area contributed by atoms with E-state index in [0.29, 0.717) is 12.0 Å². The van der Waals surface area contributed by atoms with Crippen LogP contribution in [0.25, 0.3) is 0 Å². The van der Waals surface area contributed by atoms with Crippen molar-refractivity contribution < 1.29 is 15.0 Å². The molecule has 1 heterocycles. The summed E-state index contributed by atoms with van der Waals surface area (Å²) in [5, 5.41) is 19.7. The second-order valence-corrected chi connectivity index (χ2v) is 6.97. The Morgan fingerprint density at radius 2 is 1.64 bits per heavy atom. The first-order valence-electron chi connectivity index (χ1n) is 8.89. The quantitative estimate of drug-likeness (QED) is 0.888. The second kappa shape index (κ2) is 7.18. The molecular formula is C21H25NO3. The number of carbonyl (C=O) groups excluding carboxylic acids is 1. The van der Waals surface area contributed by atoms with Crippen LogP contribution in [-0.2, 0) is 12.8 Å². The van der Waals surface area contributed by atoms with Crippen molar-refractivity contribution in [2.45, 2.75) is 51.6 Å². The Labute approximate surface area is 148 Å². The van der Waals surface area contributed by atoms with Crippen LogP contribution in [0, 0.1) is 0 Å². The molecule has 2 aromatic rings. The summed E-state index contributed by atoms with van der Waals surface area (Å²) in [6, 6.07) is 12.8. The van der Waals surface area contributed by atoms with Gasteiger partial charge in [0.15, 0.2) is 0 Å². The van der Waals surface area contributed by atoms with E-state index < -0.39 is 0 Å². The molecule has 2 aromatic carbocycles. The van der Waals surface area contributed by atoms with E-state index >= 15 is 0 Å². The monoisotopic (exact) mass is 339 g/mol. The average molecular weight is 339 g/mol. The first-order valence-corrected chi connectivity index (χ1v) is 8.89. The minimum absolute atomic E-state index is 0.0551. The number of nitrogens with zero attached hydrogens (tertiary/aromatic N) is 1. The van der Waals surface area contributed by atoms with Gasteiger partial charge in [-0.25, -0.2) is 0 Å². The van der Waals surface area contributed by atoms with Gasteiger partial charge in [0.25, 0.3) is 5.91 Å². The van der Waals surface area contributed by atoms with Crippen molar-refractivity contribution in [1.82, 2.24) is 4.90 Å². The molecule has 1 aliphatic rings. The fourth-order valence-electron chi connectivity index (χ4n) is 3.71. The van der Waals surface area contributed by atoms with Crippen LogP contribution >= 0.6 is 0 Å². The molecule has 3 rings (SSSR count). The van der Waals surface area contributed by atoms with Crippen molar-refractivity contribution in [1.29, 1.82) is 0 Å². The van der Waals surface area contributed by atoms with Gasteiger partial charge < -0.3 is 15.1 Å². The summed E-state index contributed by atoms with van der Waals surface area (Å²) in [7, 11) is 0. The van der Waals surface area contributed by atoms with Crippen molar-refractivity contribution in [2.75, 3.05) is 0 Å². The van der Waals surface area contributed by atoms with Gasteiger partial charge in [-0.05, 0) is 68.9 Å². The van der Waals surface area contributed by atoms with E-state index in [-0.39, 0.29) is 29.5 Å². The summed E-state index contributed by atoms with van der Waals surface area (Å²) in [5.41, 5.74) is 2.38. The van der Waals surface area contributed by atoms with E-state index in [9.17, 15) is 15.0 Å². The van der Waals surface area contributed by atoms with Crippen LogP contribution in [0.1, 0.15) is 48.2 Å². The number of phenols is 2. The van der Waals surface area contributed by atoms with Gasteiger partial charge in [0.1, 0.15) is 11.5 Å². The van der Waals surface area contributed by atoms with Crippen LogP contribution in [0.4, 0.5) is 0 Å². The molecular weight excluding hydrogens is 314 g/mol. The number of phenolic OH excluding ortho intramolecular Hbond substituents is 2. The maximum Gasteiger partial charge on any atom is 0.258 e. The van der Waals surface area contributed by atoms with Crippen LogP contribution in [-0.4, -0.2) is 33.1 Å². The third-order valence-corrected chi connectivity index (χ3v) is 5.15. The molecule has 0 spiro atoms. The number of likely N-dealkylation sites (tertiary alicyclic amines) is 1. The number of aromatic hydroxyl groups is 2. The number of benzene rings is 2. The van der Waals surface area contributed by atoms with Crippen LogP contribution in [0.3, 0.4) is 0 Å². The minimum Gasteiger partial charge on any atom is -0.508 e. The maximum atomic E-state index is 13.1. The maximum absolute atomic E-state index is 13.1. The Kier molecular flexibility index (Phi) is 4.98. The lowest BCUT2D eigenvalue weighted by Crippen LogP contribution is -2.39. The first kappa shape index (κ1) is 17.3. The van der Waals surface area contributed by atoms with Gasteiger partial charge in [0.05, 0.1) is 5.56 Å². The fraction of sp³-hybridized carbons (Fsp3) is 0.381. The minimum atomic E-state index is -0.0729. The highest BCUT2D eigenvalue weighted by Gasteiger charge is 2.33. The van der Waals surface area contributed by atoms with Crippen LogP contribution in [0.15, 0.2) is 42.5 Å². The highest BCUT2D eigenvalue weighted by atomic mass is 16.3. The molecule has 2 N–H and O–H groups in total. The molecule has 1 aliphatic heterocycles. The van der Waals surface area contributed by atoms with E-state index in [1.54, 1.807) is 24.3 Å². The fourth-order valence-corrected chi connectivity index (χ4v) is 3.71. The van der Waals surface area contributed by atoms with Crippen LogP contribution in [0.2, 0.25) is 0 Å². The van der Waals surface area contributed by atoms with Gasteiger partial charge in [-0.15, -0.1) is 0 Å². The van der Waals surface area contributed by atoms with Gasteiger partial charge >= 0.3 is 0 Å². The largest absolute Gasteiger partial charge is 0.508 e. The molecule has 0 saturated carbocycles. The Balaban J connectivity index is 1.84. The summed E-state index contributed by atoms with van der Waals surface area (Å²) >= 11 is 0. The number of carbonyl (C=O) groups is 1. The van der Waals surface area contributed by atoms with Gasteiger partial charge in [-0.2, -0.15) is 0 Å². The normalized spacial score (nSPS) is 20.0. The first-order chi connectivity index (χ1) is 12.0. The Bertz CT molecular complexity index is 744. The van der Waals surface area contributed by atoms with Crippen molar-refractivity contribution in [3.63, 3.8) is 0 Å². The molecule has 0 aromatic heterocycles. The van der Waals surface area contributed by atoms with E-state index in [1.807, 2.05) is 23.1 Å². The summed E-state index contributed by atoms with van der Waals surface area (Å²) in [4.78, 5) is 15.0. The van der Waals surface area contributed by atoms with Gasteiger partial charge in [-0.1, -0.05) is 24.3 Å². The van der Waals surface area contributed by atoms with Crippen LogP contribution < -0.4 is 0 Å². The summed E-state index contributed by atoms with van der Waals surface area (Å²) in [6.07, 6.45) is 3.42. The molecule has 2 atom stereocenters. The molecule has 0 unspecified atom stereocenters. The van der Waals surface area contributed by atoms with E-state index in [0.717, 1.165) is 30.4 Å². The smallest absolute Gasteiger partial charge is 0.258 e.